The van der Waals surface area contributed by atoms with Crippen molar-refractivity contribution in [3.8, 4) is 0 Å². The molecule has 176 valence electrons. The van der Waals surface area contributed by atoms with Crippen molar-refractivity contribution < 1.29 is 31.2 Å². The van der Waals surface area contributed by atoms with E-state index in [9.17, 15) is 31.2 Å². The maximum absolute atomic E-state index is 12.6. The normalized spacial score (nSPS) is 14.2. The maximum Gasteiger partial charge on any atom is 0.416 e. The Hall–Kier alpha value is -3.18. The number of amides is 2. The van der Waals surface area contributed by atoms with E-state index in [1.54, 1.807) is 17.0 Å². The van der Waals surface area contributed by atoms with E-state index >= 15 is 0 Å². The third-order valence-electron chi connectivity index (χ3n) is 5.20. The summed E-state index contributed by atoms with van der Waals surface area (Å²) in [5.41, 5.74) is 1.31. The number of alkyl halides is 3. The third-order valence-corrected chi connectivity index (χ3v) is 6.61. The van der Waals surface area contributed by atoms with Crippen molar-refractivity contribution in [1.29, 1.82) is 0 Å². The molecule has 3 rings (SSSR count). The number of nitrogens with one attached hydrogen (secondary N) is 2. The fourth-order valence-electron chi connectivity index (χ4n) is 3.32. The molecule has 0 fully saturated rings. The van der Waals surface area contributed by atoms with Crippen LogP contribution in [0.25, 0.3) is 6.08 Å². The number of carbonyl (C=O) groups is 2. The Kier molecular flexibility index (Phi) is 7.23. The van der Waals surface area contributed by atoms with Gasteiger partial charge in [-0.2, -0.15) is 13.2 Å². The van der Waals surface area contributed by atoms with E-state index < -0.39 is 27.7 Å². The van der Waals surface area contributed by atoms with Crippen molar-refractivity contribution >= 4 is 27.9 Å². The van der Waals surface area contributed by atoms with Gasteiger partial charge in [0.05, 0.1) is 17.0 Å². The molecule has 1 heterocycles. The van der Waals surface area contributed by atoms with Crippen LogP contribution in [0.2, 0.25) is 0 Å². The highest BCUT2D eigenvalue weighted by Crippen LogP contribution is 2.29. The molecule has 0 aromatic heterocycles. The summed E-state index contributed by atoms with van der Waals surface area (Å²) in [5.74, 6) is -0.855. The van der Waals surface area contributed by atoms with Crippen LogP contribution in [0.5, 0.6) is 0 Å². The molecule has 0 aliphatic carbocycles. The first-order valence-corrected chi connectivity index (χ1v) is 11.4. The summed E-state index contributed by atoms with van der Waals surface area (Å²) in [6.07, 6.45) is -1.45. The number of rotatable bonds is 6. The van der Waals surface area contributed by atoms with Crippen LogP contribution in [0.4, 0.5) is 13.2 Å². The molecule has 0 radical (unpaired) electrons. The molecule has 0 unspecified atom stereocenters. The minimum absolute atomic E-state index is 0.163. The zero-order valence-corrected chi connectivity index (χ0v) is 18.5. The van der Waals surface area contributed by atoms with Crippen LogP contribution in [-0.4, -0.2) is 45.3 Å². The van der Waals surface area contributed by atoms with Gasteiger partial charge in [0.15, 0.2) is 0 Å². The lowest BCUT2D eigenvalue weighted by molar-refractivity contribution is -0.137. The lowest BCUT2D eigenvalue weighted by Crippen LogP contribution is -2.42. The molecule has 11 heteroatoms. The van der Waals surface area contributed by atoms with Gasteiger partial charge in [0.1, 0.15) is 0 Å². The van der Waals surface area contributed by atoms with Gasteiger partial charge in [0.2, 0.25) is 21.8 Å². The van der Waals surface area contributed by atoms with E-state index in [0.29, 0.717) is 25.1 Å². The summed E-state index contributed by atoms with van der Waals surface area (Å²) >= 11 is 0. The molecule has 0 bridgehead atoms. The first-order valence-electron chi connectivity index (χ1n) is 9.96. The van der Waals surface area contributed by atoms with E-state index in [-0.39, 0.29) is 17.3 Å². The van der Waals surface area contributed by atoms with Crippen molar-refractivity contribution in [3.63, 3.8) is 0 Å². The van der Waals surface area contributed by atoms with Gasteiger partial charge in [0.25, 0.3) is 0 Å². The number of halogens is 3. The quantitative estimate of drug-likeness (QED) is 0.619. The van der Waals surface area contributed by atoms with E-state index in [2.05, 4.69) is 10.0 Å². The zero-order chi connectivity index (χ0) is 24.2. The summed E-state index contributed by atoms with van der Waals surface area (Å²) in [4.78, 5) is 26.2. The average molecular weight is 481 g/mol. The van der Waals surface area contributed by atoms with Crippen LogP contribution < -0.4 is 10.0 Å². The van der Waals surface area contributed by atoms with E-state index in [0.717, 1.165) is 29.3 Å². The van der Waals surface area contributed by atoms with Crippen LogP contribution in [0.15, 0.2) is 53.4 Å². The van der Waals surface area contributed by atoms with Crippen molar-refractivity contribution in [2.45, 2.75) is 24.0 Å². The fraction of sp³-hybridized carbons (Fsp3) is 0.273. The van der Waals surface area contributed by atoms with Crippen molar-refractivity contribution in [1.82, 2.24) is 14.9 Å². The number of benzene rings is 2. The lowest BCUT2D eigenvalue weighted by atomic mass is 10.00. The van der Waals surface area contributed by atoms with Gasteiger partial charge >= 0.3 is 6.18 Å². The predicted molar refractivity (Wildman–Crippen MR) is 115 cm³/mol. The number of hydrogen-bond donors (Lipinski definition) is 2. The largest absolute Gasteiger partial charge is 0.416 e. The molecule has 0 spiro atoms. The van der Waals surface area contributed by atoms with Crippen LogP contribution >= 0.6 is 0 Å². The molecule has 2 aromatic rings. The minimum Gasteiger partial charge on any atom is -0.343 e. The van der Waals surface area contributed by atoms with Crippen molar-refractivity contribution in [2.75, 3.05) is 20.1 Å². The Balaban J connectivity index is 1.53. The number of carbonyl (C=O) groups excluding carboxylic acids is 2. The van der Waals surface area contributed by atoms with E-state index in [1.807, 2.05) is 0 Å². The van der Waals surface area contributed by atoms with E-state index in [1.165, 1.54) is 31.3 Å². The molecule has 1 aliphatic heterocycles. The summed E-state index contributed by atoms with van der Waals surface area (Å²) < 4.78 is 63.9. The second-order valence-corrected chi connectivity index (χ2v) is 9.26. The Bertz CT molecular complexity index is 1180. The van der Waals surface area contributed by atoms with Gasteiger partial charge in [-0.15, -0.1) is 0 Å². The average Bonchev–Trinajstić information content (AvgIpc) is 2.80. The Morgan fingerprint density at radius 3 is 2.42 bits per heavy atom. The van der Waals surface area contributed by atoms with Gasteiger partial charge in [-0.05, 0) is 60.5 Å². The number of nitrogens with zero attached hydrogens (tertiary/aromatic N) is 1. The first-order chi connectivity index (χ1) is 15.5. The molecule has 1 aliphatic rings. The molecular weight excluding hydrogens is 459 g/mol. The van der Waals surface area contributed by atoms with Gasteiger partial charge in [-0.25, -0.2) is 13.1 Å². The molecule has 2 aromatic carbocycles. The molecule has 2 amide bonds. The third kappa shape index (κ3) is 6.20. The molecule has 33 heavy (non-hydrogen) atoms. The molecule has 0 atom stereocenters. The molecular formula is C22H22F3N3O4S. The van der Waals surface area contributed by atoms with Crippen molar-refractivity contribution in [3.05, 3.63) is 70.8 Å². The van der Waals surface area contributed by atoms with Gasteiger partial charge in [0, 0.05) is 19.2 Å². The number of fused-ring (bicyclic) bond motifs is 1. The maximum atomic E-state index is 12.6. The van der Waals surface area contributed by atoms with Gasteiger partial charge < -0.3 is 10.2 Å². The molecule has 7 nitrogen and oxygen atoms in total. The van der Waals surface area contributed by atoms with Gasteiger partial charge in [-0.3, -0.25) is 9.59 Å². The predicted octanol–water partition coefficient (Wildman–Crippen LogP) is 2.33. The fourth-order valence-corrected chi connectivity index (χ4v) is 4.10. The molecule has 0 saturated carbocycles. The van der Waals surface area contributed by atoms with Crippen LogP contribution in [-0.2, 0) is 38.8 Å². The second-order valence-electron chi connectivity index (χ2n) is 7.37. The van der Waals surface area contributed by atoms with E-state index in [4.69, 9.17) is 0 Å². The monoisotopic (exact) mass is 481 g/mol. The van der Waals surface area contributed by atoms with Gasteiger partial charge in [-0.1, -0.05) is 18.2 Å². The highest BCUT2D eigenvalue weighted by molar-refractivity contribution is 7.89. The van der Waals surface area contributed by atoms with Crippen LogP contribution in [0.1, 0.15) is 22.3 Å². The Morgan fingerprint density at radius 1 is 1.09 bits per heavy atom. The summed E-state index contributed by atoms with van der Waals surface area (Å²) in [5, 5.41) is 2.46. The highest BCUT2D eigenvalue weighted by atomic mass is 32.2. The minimum atomic E-state index is -4.43. The summed E-state index contributed by atoms with van der Waals surface area (Å²) in [6.45, 7) is 0.440. The topological polar surface area (TPSA) is 95.6 Å². The lowest BCUT2D eigenvalue weighted by Gasteiger charge is -2.29. The standard InChI is InChI=1S/C22H22F3N3O4S/c1-26-33(31,32)19-8-5-17-14-28(11-10-16(17)12-19)21(30)13-27-20(29)9-4-15-2-6-18(7-3-15)22(23,24)25/h2-9,12,26H,10-11,13-14H2,1H3,(H,27,29)/b9-4+. The smallest absolute Gasteiger partial charge is 0.343 e. The number of hydrogen-bond acceptors (Lipinski definition) is 4. The Labute approximate surface area is 189 Å². The molecule has 0 saturated heterocycles. The van der Waals surface area contributed by atoms with Crippen LogP contribution in [0, 0.1) is 0 Å². The summed E-state index contributed by atoms with van der Waals surface area (Å²) in [7, 11) is -2.21. The number of sulfonamides is 1. The van der Waals surface area contributed by atoms with Crippen molar-refractivity contribution in [2.24, 2.45) is 0 Å². The molecule has 2 N–H and O–H groups in total. The zero-order valence-electron chi connectivity index (χ0n) is 17.6. The highest BCUT2D eigenvalue weighted by Gasteiger charge is 2.29. The SMILES string of the molecule is CNS(=O)(=O)c1ccc2c(c1)CCN(C(=O)CNC(=O)/C=C/c1ccc(C(F)(F)F)cc1)C2. The summed E-state index contributed by atoms with van der Waals surface area (Å²) in [6, 6.07) is 9.08. The van der Waals surface area contributed by atoms with Crippen LogP contribution in [0.3, 0.4) is 0 Å². The second kappa shape index (κ2) is 9.75. The Morgan fingerprint density at radius 2 is 1.79 bits per heavy atom. The first kappa shape index (κ1) is 24.5.